The number of amides is 2. The Morgan fingerprint density at radius 2 is 2.26 bits per heavy atom. The van der Waals surface area contributed by atoms with Gasteiger partial charge in [-0.1, -0.05) is 0 Å². The number of piperidine rings is 1. The van der Waals surface area contributed by atoms with Crippen molar-refractivity contribution in [2.45, 2.75) is 51.6 Å². The number of hydrogen-bond donors (Lipinski definition) is 1. The summed E-state index contributed by atoms with van der Waals surface area (Å²) >= 11 is 1.70. The zero-order valence-electron chi connectivity index (χ0n) is 13.9. The van der Waals surface area contributed by atoms with Crippen molar-refractivity contribution >= 4 is 17.4 Å². The first-order chi connectivity index (χ1) is 11.2. The molecule has 3 rings (SSSR count). The quantitative estimate of drug-likeness (QED) is 0.841. The van der Waals surface area contributed by atoms with Crippen molar-refractivity contribution in [3.63, 3.8) is 0 Å². The maximum Gasteiger partial charge on any atom is 0.317 e. The highest BCUT2D eigenvalue weighted by Crippen LogP contribution is 2.28. The molecule has 0 spiro atoms. The number of urea groups is 1. The van der Waals surface area contributed by atoms with E-state index >= 15 is 0 Å². The van der Waals surface area contributed by atoms with Gasteiger partial charge in [0.25, 0.3) is 0 Å². The van der Waals surface area contributed by atoms with E-state index < -0.39 is 0 Å². The molecule has 0 saturated carbocycles. The van der Waals surface area contributed by atoms with Gasteiger partial charge in [0, 0.05) is 43.7 Å². The summed E-state index contributed by atoms with van der Waals surface area (Å²) < 4.78 is 5.79. The van der Waals surface area contributed by atoms with Gasteiger partial charge < -0.3 is 15.0 Å². The molecule has 2 saturated heterocycles. The third kappa shape index (κ3) is 4.67. The second-order valence-electron chi connectivity index (χ2n) is 6.59. The van der Waals surface area contributed by atoms with Gasteiger partial charge in [0.15, 0.2) is 0 Å². The fraction of sp³-hybridized carbons (Fsp3) is 0.765. The van der Waals surface area contributed by atoms with Crippen LogP contribution in [0.1, 0.15) is 42.8 Å². The number of thiazole rings is 1. The number of carbonyl (C=O) groups excluding carboxylic acids is 1. The fourth-order valence-corrected chi connectivity index (χ4v) is 4.33. The van der Waals surface area contributed by atoms with Gasteiger partial charge in [-0.15, -0.1) is 11.3 Å². The Bertz CT molecular complexity index is 506. The van der Waals surface area contributed by atoms with Crippen molar-refractivity contribution in [3.05, 3.63) is 16.1 Å². The maximum absolute atomic E-state index is 12.2. The number of hydrogen-bond acceptors (Lipinski definition) is 4. The SMILES string of the molecule is Cc1csc(CCCNC(=O)N2CCC([C@@H]3CCCO3)CC2)n1. The van der Waals surface area contributed by atoms with Crippen LogP contribution in [0.4, 0.5) is 4.79 Å². The number of aromatic nitrogens is 1. The first kappa shape index (κ1) is 16.7. The summed E-state index contributed by atoms with van der Waals surface area (Å²) in [5.41, 5.74) is 1.09. The summed E-state index contributed by atoms with van der Waals surface area (Å²) in [6.07, 6.45) is 6.90. The molecule has 6 heteroatoms. The minimum atomic E-state index is 0.0890. The highest BCUT2D eigenvalue weighted by atomic mass is 32.1. The maximum atomic E-state index is 12.2. The molecule has 0 bridgehead atoms. The Morgan fingerprint density at radius 1 is 1.43 bits per heavy atom. The molecule has 0 radical (unpaired) electrons. The van der Waals surface area contributed by atoms with Crippen LogP contribution in [0.15, 0.2) is 5.38 Å². The summed E-state index contributed by atoms with van der Waals surface area (Å²) in [6, 6.07) is 0.0890. The summed E-state index contributed by atoms with van der Waals surface area (Å²) in [4.78, 5) is 18.6. The molecule has 1 aromatic heterocycles. The lowest BCUT2D eigenvalue weighted by atomic mass is 9.90. The topological polar surface area (TPSA) is 54.5 Å². The molecule has 2 fully saturated rings. The Kier molecular flexibility index (Phi) is 5.89. The Labute approximate surface area is 142 Å². The van der Waals surface area contributed by atoms with E-state index in [0.29, 0.717) is 12.0 Å². The molecule has 1 aromatic rings. The molecule has 5 nitrogen and oxygen atoms in total. The Balaban J connectivity index is 1.31. The van der Waals surface area contributed by atoms with Gasteiger partial charge in [0.2, 0.25) is 0 Å². The average Bonchev–Trinajstić information content (AvgIpc) is 3.23. The second-order valence-corrected chi connectivity index (χ2v) is 7.54. The van der Waals surface area contributed by atoms with Crippen molar-refractivity contribution in [1.82, 2.24) is 15.2 Å². The summed E-state index contributed by atoms with van der Waals surface area (Å²) in [7, 11) is 0. The highest BCUT2D eigenvalue weighted by molar-refractivity contribution is 7.09. The smallest absolute Gasteiger partial charge is 0.317 e. The zero-order valence-corrected chi connectivity index (χ0v) is 14.7. The molecule has 2 aliphatic rings. The van der Waals surface area contributed by atoms with E-state index in [1.165, 1.54) is 12.8 Å². The normalized spacial score (nSPS) is 22.5. The van der Waals surface area contributed by atoms with Gasteiger partial charge in [-0.2, -0.15) is 0 Å². The van der Waals surface area contributed by atoms with Crippen molar-refractivity contribution in [1.29, 1.82) is 0 Å². The van der Waals surface area contributed by atoms with E-state index in [4.69, 9.17) is 4.74 Å². The minimum Gasteiger partial charge on any atom is -0.378 e. The summed E-state index contributed by atoms with van der Waals surface area (Å²) in [5.74, 6) is 0.648. The van der Waals surface area contributed by atoms with Crippen molar-refractivity contribution in [3.8, 4) is 0 Å². The van der Waals surface area contributed by atoms with E-state index in [1.807, 2.05) is 11.8 Å². The molecule has 2 aliphatic heterocycles. The number of nitrogens with one attached hydrogen (secondary N) is 1. The van der Waals surface area contributed by atoms with Crippen LogP contribution in [0, 0.1) is 12.8 Å². The zero-order chi connectivity index (χ0) is 16.1. The largest absolute Gasteiger partial charge is 0.378 e. The molecule has 1 N–H and O–H groups in total. The van der Waals surface area contributed by atoms with Crippen molar-refractivity contribution in [2.75, 3.05) is 26.2 Å². The van der Waals surface area contributed by atoms with E-state index in [9.17, 15) is 4.79 Å². The van der Waals surface area contributed by atoms with E-state index in [0.717, 1.165) is 62.6 Å². The van der Waals surface area contributed by atoms with Crippen LogP contribution >= 0.6 is 11.3 Å². The van der Waals surface area contributed by atoms with E-state index in [2.05, 4.69) is 15.7 Å². The first-order valence-corrected chi connectivity index (χ1v) is 9.66. The van der Waals surface area contributed by atoms with E-state index in [1.54, 1.807) is 11.3 Å². The van der Waals surface area contributed by atoms with Gasteiger partial charge in [0.05, 0.1) is 11.1 Å². The van der Waals surface area contributed by atoms with Crippen LogP contribution in [0.3, 0.4) is 0 Å². The molecular formula is C17H27N3O2S. The number of likely N-dealkylation sites (tertiary alicyclic amines) is 1. The molecule has 128 valence electrons. The van der Waals surface area contributed by atoms with Crippen LogP contribution in [0.5, 0.6) is 0 Å². The molecular weight excluding hydrogens is 310 g/mol. The lowest BCUT2D eigenvalue weighted by molar-refractivity contribution is 0.0372. The van der Waals surface area contributed by atoms with Crippen molar-refractivity contribution in [2.24, 2.45) is 5.92 Å². The Hall–Kier alpha value is -1.14. The molecule has 23 heavy (non-hydrogen) atoms. The molecule has 3 heterocycles. The minimum absolute atomic E-state index is 0.0890. The van der Waals surface area contributed by atoms with Gasteiger partial charge in [-0.05, 0) is 44.9 Å². The first-order valence-electron chi connectivity index (χ1n) is 8.78. The third-order valence-corrected chi connectivity index (χ3v) is 5.85. The number of nitrogens with zero attached hydrogens (tertiary/aromatic N) is 2. The fourth-order valence-electron chi connectivity index (χ4n) is 3.51. The number of aryl methyl sites for hydroxylation is 2. The predicted molar refractivity (Wildman–Crippen MR) is 91.8 cm³/mol. The number of rotatable bonds is 5. The monoisotopic (exact) mass is 337 g/mol. The lowest BCUT2D eigenvalue weighted by Crippen LogP contribution is -2.46. The molecule has 0 aromatic carbocycles. The molecule has 2 amide bonds. The third-order valence-electron chi connectivity index (χ3n) is 4.83. The highest BCUT2D eigenvalue weighted by Gasteiger charge is 2.30. The predicted octanol–water partition coefficient (Wildman–Crippen LogP) is 2.98. The van der Waals surface area contributed by atoms with Gasteiger partial charge in [0.1, 0.15) is 0 Å². The van der Waals surface area contributed by atoms with Gasteiger partial charge in [-0.3, -0.25) is 0 Å². The standard InChI is InChI=1S/C17H27N3O2S/c1-13-12-23-16(19-13)5-2-8-18-17(21)20-9-6-14(7-10-20)15-4-3-11-22-15/h12,14-15H,2-11H2,1H3,(H,18,21)/t15-/m0/s1. The average molecular weight is 337 g/mol. The van der Waals surface area contributed by atoms with Crippen LogP contribution < -0.4 is 5.32 Å². The molecule has 1 atom stereocenters. The van der Waals surface area contributed by atoms with Crippen LogP contribution in [-0.4, -0.2) is 48.3 Å². The Morgan fingerprint density at radius 3 is 2.91 bits per heavy atom. The van der Waals surface area contributed by atoms with Crippen LogP contribution in [0.2, 0.25) is 0 Å². The molecule has 0 unspecified atom stereocenters. The van der Waals surface area contributed by atoms with Gasteiger partial charge in [-0.25, -0.2) is 9.78 Å². The summed E-state index contributed by atoms with van der Waals surface area (Å²) in [6.45, 7) is 5.39. The van der Waals surface area contributed by atoms with Gasteiger partial charge >= 0.3 is 6.03 Å². The van der Waals surface area contributed by atoms with Crippen LogP contribution in [-0.2, 0) is 11.2 Å². The summed E-state index contributed by atoms with van der Waals surface area (Å²) in [5, 5.41) is 6.28. The lowest BCUT2D eigenvalue weighted by Gasteiger charge is -2.34. The number of ether oxygens (including phenoxy) is 1. The number of carbonyl (C=O) groups is 1. The van der Waals surface area contributed by atoms with Crippen LogP contribution in [0.25, 0.3) is 0 Å². The molecule has 0 aliphatic carbocycles. The second kappa shape index (κ2) is 8.11. The van der Waals surface area contributed by atoms with Crippen molar-refractivity contribution < 1.29 is 9.53 Å². The van der Waals surface area contributed by atoms with E-state index in [-0.39, 0.29) is 6.03 Å².